The molecule has 0 aromatic carbocycles. The van der Waals surface area contributed by atoms with E-state index >= 15 is 0 Å². The van der Waals surface area contributed by atoms with Gasteiger partial charge in [0.1, 0.15) is 6.54 Å². The highest BCUT2D eigenvalue weighted by molar-refractivity contribution is 8.00. The third kappa shape index (κ3) is 3.75. The standard InChI is InChI=1S/C16H25N5O2S/c1-19-7-3-4-12(16(19)13-5-6-18-20(13)2)8-17-14(22)9-21-11-24-10-15(21)23/h5-6,12,16H,3-4,7-11H2,1-2H3,(H,17,22)/t12-,16+/m0/s1. The number of rotatable bonds is 5. The van der Waals surface area contributed by atoms with Crippen LogP contribution in [0.2, 0.25) is 0 Å². The summed E-state index contributed by atoms with van der Waals surface area (Å²) in [5.74, 6) is 1.45. The van der Waals surface area contributed by atoms with Crippen molar-refractivity contribution in [1.82, 2.24) is 24.9 Å². The number of carbonyl (C=O) groups excluding carboxylic acids is 2. The number of carbonyl (C=O) groups is 2. The Labute approximate surface area is 146 Å². The van der Waals surface area contributed by atoms with Gasteiger partial charge >= 0.3 is 0 Å². The molecular weight excluding hydrogens is 326 g/mol. The lowest BCUT2D eigenvalue weighted by molar-refractivity contribution is -0.132. The van der Waals surface area contributed by atoms with E-state index in [9.17, 15) is 9.59 Å². The van der Waals surface area contributed by atoms with Crippen LogP contribution in [0.4, 0.5) is 0 Å². The molecular formula is C16H25N5O2S. The van der Waals surface area contributed by atoms with E-state index in [1.165, 1.54) is 5.69 Å². The van der Waals surface area contributed by atoms with Crippen molar-refractivity contribution in [2.24, 2.45) is 13.0 Å². The van der Waals surface area contributed by atoms with Crippen molar-refractivity contribution < 1.29 is 9.59 Å². The summed E-state index contributed by atoms with van der Waals surface area (Å²) in [5.41, 5.74) is 1.18. The Kier molecular flexibility index (Phi) is 5.45. The van der Waals surface area contributed by atoms with Crippen LogP contribution in [0.1, 0.15) is 24.6 Å². The molecule has 2 atom stereocenters. The second-order valence-electron chi connectivity index (χ2n) is 6.58. The van der Waals surface area contributed by atoms with Crippen LogP contribution in [0, 0.1) is 5.92 Å². The molecule has 0 unspecified atom stereocenters. The van der Waals surface area contributed by atoms with Gasteiger partial charge < -0.3 is 10.2 Å². The lowest BCUT2D eigenvalue weighted by Gasteiger charge is -2.39. The smallest absolute Gasteiger partial charge is 0.239 e. The fourth-order valence-electron chi connectivity index (χ4n) is 3.63. The summed E-state index contributed by atoms with van der Waals surface area (Å²) >= 11 is 1.56. The Morgan fingerprint density at radius 2 is 2.29 bits per heavy atom. The predicted molar refractivity (Wildman–Crippen MR) is 93.4 cm³/mol. The van der Waals surface area contributed by atoms with Crippen LogP contribution in [0.25, 0.3) is 0 Å². The lowest BCUT2D eigenvalue weighted by atomic mass is 9.87. The van der Waals surface area contributed by atoms with Gasteiger partial charge in [0.2, 0.25) is 11.8 Å². The summed E-state index contributed by atoms with van der Waals surface area (Å²) in [5, 5.41) is 7.32. The first kappa shape index (κ1) is 17.3. The van der Waals surface area contributed by atoms with Gasteiger partial charge in [-0.3, -0.25) is 19.2 Å². The summed E-state index contributed by atoms with van der Waals surface area (Å²) < 4.78 is 1.92. The molecule has 132 valence electrons. The first-order valence-electron chi connectivity index (χ1n) is 8.36. The van der Waals surface area contributed by atoms with Gasteiger partial charge in [-0.1, -0.05) is 0 Å². The zero-order valence-electron chi connectivity index (χ0n) is 14.3. The molecule has 0 spiro atoms. The molecule has 2 saturated heterocycles. The second-order valence-corrected chi connectivity index (χ2v) is 7.54. The second kappa shape index (κ2) is 7.57. The summed E-state index contributed by atoms with van der Waals surface area (Å²) in [6, 6.07) is 2.32. The number of nitrogens with zero attached hydrogens (tertiary/aromatic N) is 4. The van der Waals surface area contributed by atoms with E-state index in [0.717, 1.165) is 19.4 Å². The normalized spacial score (nSPS) is 25.2. The van der Waals surface area contributed by atoms with Gasteiger partial charge in [0.05, 0.1) is 23.4 Å². The Morgan fingerprint density at radius 3 is 2.96 bits per heavy atom. The molecule has 1 N–H and O–H groups in total. The Morgan fingerprint density at radius 1 is 1.46 bits per heavy atom. The molecule has 7 nitrogen and oxygen atoms in total. The average Bonchev–Trinajstić information content (AvgIpc) is 3.14. The van der Waals surface area contributed by atoms with Crippen LogP contribution >= 0.6 is 11.8 Å². The van der Waals surface area contributed by atoms with Crippen molar-refractivity contribution in [2.75, 3.05) is 38.3 Å². The van der Waals surface area contributed by atoms with Crippen LogP contribution in [-0.2, 0) is 16.6 Å². The van der Waals surface area contributed by atoms with Crippen LogP contribution in [-0.4, -0.2) is 69.7 Å². The van der Waals surface area contributed by atoms with Gasteiger partial charge in [-0.2, -0.15) is 5.10 Å². The number of piperidine rings is 1. The highest BCUT2D eigenvalue weighted by Gasteiger charge is 2.32. The van der Waals surface area contributed by atoms with Crippen molar-refractivity contribution >= 4 is 23.6 Å². The van der Waals surface area contributed by atoms with Gasteiger partial charge in [-0.05, 0) is 38.4 Å². The molecule has 24 heavy (non-hydrogen) atoms. The maximum absolute atomic E-state index is 12.2. The number of hydrogen-bond acceptors (Lipinski definition) is 5. The lowest BCUT2D eigenvalue weighted by Crippen LogP contribution is -2.44. The highest BCUT2D eigenvalue weighted by atomic mass is 32.2. The SMILES string of the molecule is CN1CCC[C@@H](CNC(=O)CN2CSCC2=O)[C@@H]1c1ccnn1C. The van der Waals surface area contributed by atoms with Crippen molar-refractivity contribution in [3.05, 3.63) is 18.0 Å². The summed E-state index contributed by atoms with van der Waals surface area (Å²) in [6.07, 6.45) is 4.04. The van der Waals surface area contributed by atoms with E-state index in [2.05, 4.69) is 28.4 Å². The minimum atomic E-state index is -0.0668. The monoisotopic (exact) mass is 351 g/mol. The number of hydrogen-bond donors (Lipinski definition) is 1. The van der Waals surface area contributed by atoms with Crippen molar-refractivity contribution in [3.63, 3.8) is 0 Å². The third-order valence-corrected chi connectivity index (χ3v) is 5.84. The Bertz CT molecular complexity index is 605. The molecule has 2 amide bonds. The first-order valence-corrected chi connectivity index (χ1v) is 9.52. The third-order valence-electron chi connectivity index (χ3n) is 4.89. The van der Waals surface area contributed by atoms with E-state index in [4.69, 9.17) is 0 Å². The minimum Gasteiger partial charge on any atom is -0.354 e. The molecule has 2 aliphatic heterocycles. The maximum Gasteiger partial charge on any atom is 0.239 e. The number of nitrogens with one attached hydrogen (secondary N) is 1. The molecule has 0 aliphatic carbocycles. The van der Waals surface area contributed by atoms with Crippen LogP contribution in [0.15, 0.2) is 12.3 Å². The van der Waals surface area contributed by atoms with Gasteiger partial charge in [-0.15, -0.1) is 11.8 Å². The zero-order chi connectivity index (χ0) is 17.1. The maximum atomic E-state index is 12.2. The molecule has 2 fully saturated rings. The molecule has 3 rings (SSSR count). The number of likely N-dealkylation sites (tertiary alicyclic amines) is 1. The van der Waals surface area contributed by atoms with Crippen LogP contribution in [0.5, 0.6) is 0 Å². The number of thioether (sulfide) groups is 1. The van der Waals surface area contributed by atoms with Crippen molar-refractivity contribution in [3.8, 4) is 0 Å². The van der Waals surface area contributed by atoms with Gasteiger partial charge in [0.15, 0.2) is 0 Å². The molecule has 8 heteroatoms. The zero-order valence-corrected chi connectivity index (χ0v) is 15.1. The molecule has 0 saturated carbocycles. The summed E-state index contributed by atoms with van der Waals surface area (Å²) in [4.78, 5) is 27.8. The van der Waals surface area contributed by atoms with Crippen molar-refractivity contribution in [2.45, 2.75) is 18.9 Å². The van der Waals surface area contributed by atoms with E-state index in [0.29, 0.717) is 24.1 Å². The van der Waals surface area contributed by atoms with Crippen LogP contribution < -0.4 is 5.32 Å². The Hall–Kier alpha value is -1.54. The fourth-order valence-corrected chi connectivity index (χ4v) is 4.53. The quantitative estimate of drug-likeness (QED) is 0.834. The molecule has 0 bridgehead atoms. The minimum absolute atomic E-state index is 0.0558. The fraction of sp³-hybridized carbons (Fsp3) is 0.688. The van der Waals surface area contributed by atoms with E-state index in [1.807, 2.05) is 17.9 Å². The number of amides is 2. The molecule has 2 aliphatic rings. The molecule has 3 heterocycles. The predicted octanol–water partition coefficient (Wildman–Crippen LogP) is 0.452. The van der Waals surface area contributed by atoms with E-state index in [-0.39, 0.29) is 24.4 Å². The Balaban J connectivity index is 1.59. The molecule has 1 aromatic heterocycles. The molecule has 1 aromatic rings. The number of aryl methyl sites for hydroxylation is 1. The van der Waals surface area contributed by atoms with E-state index in [1.54, 1.807) is 16.7 Å². The highest BCUT2D eigenvalue weighted by Crippen LogP contribution is 2.34. The molecule has 0 radical (unpaired) electrons. The van der Waals surface area contributed by atoms with Gasteiger partial charge in [0.25, 0.3) is 0 Å². The van der Waals surface area contributed by atoms with E-state index < -0.39 is 0 Å². The summed E-state index contributed by atoms with van der Waals surface area (Å²) in [6.45, 7) is 1.86. The first-order chi connectivity index (χ1) is 11.6. The summed E-state index contributed by atoms with van der Waals surface area (Å²) in [7, 11) is 4.09. The van der Waals surface area contributed by atoms with Gasteiger partial charge in [-0.25, -0.2) is 0 Å². The average molecular weight is 351 g/mol. The van der Waals surface area contributed by atoms with Crippen LogP contribution in [0.3, 0.4) is 0 Å². The van der Waals surface area contributed by atoms with Gasteiger partial charge in [0, 0.05) is 19.8 Å². The largest absolute Gasteiger partial charge is 0.354 e. The topological polar surface area (TPSA) is 70.5 Å². The van der Waals surface area contributed by atoms with Crippen molar-refractivity contribution in [1.29, 1.82) is 0 Å². The number of aromatic nitrogens is 2.